The largest absolute Gasteiger partial charge is 0.354 e. The third-order valence-corrected chi connectivity index (χ3v) is 3.91. The van der Waals surface area contributed by atoms with E-state index in [1.807, 2.05) is 0 Å². The fraction of sp³-hybridized carbons (Fsp3) is 0.417. The quantitative estimate of drug-likeness (QED) is 0.899. The van der Waals surface area contributed by atoms with Gasteiger partial charge in [-0.25, -0.2) is 13.2 Å². The molecule has 3 rings (SSSR count). The summed E-state index contributed by atoms with van der Waals surface area (Å²) in [4.78, 5) is 4.15. The molecule has 3 unspecified atom stereocenters. The van der Waals surface area contributed by atoms with Crippen molar-refractivity contribution in [3.05, 3.63) is 34.1 Å². The zero-order valence-electron chi connectivity index (χ0n) is 10.0. The van der Waals surface area contributed by atoms with Gasteiger partial charge in [0.2, 0.25) is 0 Å². The maximum Gasteiger partial charge on any atom is 0.269 e. The summed E-state index contributed by atoms with van der Waals surface area (Å²) in [6, 6.07) is 4.51. The first kappa shape index (κ1) is 14.5. The molecule has 3 atom stereocenters. The second-order valence-corrected chi connectivity index (χ2v) is 5.50. The highest BCUT2D eigenvalue weighted by Crippen LogP contribution is 2.48. The molecule has 0 spiro atoms. The third-order valence-electron chi connectivity index (χ3n) is 3.42. The first-order chi connectivity index (χ1) is 8.43. The van der Waals surface area contributed by atoms with E-state index in [1.165, 1.54) is 6.07 Å². The number of benzene rings is 1. The number of nitrogens with zero attached hydrogens (tertiary/aromatic N) is 1. The van der Waals surface area contributed by atoms with E-state index in [0.29, 0.717) is 15.7 Å². The van der Waals surface area contributed by atoms with E-state index in [1.54, 1.807) is 19.1 Å². The topological polar surface area (TPSA) is 56.6 Å². The van der Waals surface area contributed by atoms with Gasteiger partial charge >= 0.3 is 0 Å². The Bertz CT molecular complexity index is 552. The molecule has 0 radical (unpaired) electrons. The lowest BCUT2D eigenvalue weighted by atomic mass is 9.73. The van der Waals surface area contributed by atoms with E-state index in [9.17, 15) is 13.2 Å². The Morgan fingerprint density at radius 2 is 2.11 bits per heavy atom. The van der Waals surface area contributed by atoms with Gasteiger partial charge in [0.15, 0.2) is 6.10 Å². The molecule has 7 heteroatoms. The van der Waals surface area contributed by atoms with E-state index < -0.39 is 30.0 Å². The summed E-state index contributed by atoms with van der Waals surface area (Å²) in [6.45, 7) is 1.69. The van der Waals surface area contributed by atoms with Crippen molar-refractivity contribution in [2.24, 2.45) is 4.99 Å². The third kappa shape index (κ3) is 1.91. The molecular weight excluding hydrogens is 325 g/mol. The predicted octanol–water partition coefficient (Wildman–Crippen LogP) is 3.45. The van der Waals surface area contributed by atoms with Crippen molar-refractivity contribution in [3.8, 4) is 0 Å². The molecule has 1 saturated heterocycles. The van der Waals surface area contributed by atoms with Gasteiger partial charge < -0.3 is 10.9 Å². The molecule has 0 saturated carbocycles. The highest BCUT2D eigenvalue weighted by molar-refractivity contribution is 9.10. The molecule has 0 amide bonds. The van der Waals surface area contributed by atoms with Crippen molar-refractivity contribution >= 4 is 21.6 Å². The number of aliphatic imine (C=N–C) groups is 1. The Hall–Kier alpha value is -0.920. The first-order valence-corrected chi connectivity index (χ1v) is 6.21. The smallest absolute Gasteiger partial charge is 0.269 e. The monoisotopic (exact) mass is 336 g/mol. The van der Waals surface area contributed by atoms with Crippen LogP contribution in [0.3, 0.4) is 0 Å². The van der Waals surface area contributed by atoms with Gasteiger partial charge in [0.05, 0.1) is 5.71 Å². The van der Waals surface area contributed by atoms with Gasteiger partial charge in [-0.3, -0.25) is 4.99 Å². The van der Waals surface area contributed by atoms with Crippen LogP contribution in [0.4, 0.5) is 13.2 Å². The number of rotatable bonds is 2. The van der Waals surface area contributed by atoms with Crippen LogP contribution in [0, 0.1) is 5.82 Å². The summed E-state index contributed by atoms with van der Waals surface area (Å²) < 4.78 is 44.5. The maximum absolute atomic E-state index is 13.8. The van der Waals surface area contributed by atoms with Crippen LogP contribution in [0.15, 0.2) is 27.7 Å². The van der Waals surface area contributed by atoms with Gasteiger partial charge in [-0.2, -0.15) is 0 Å². The summed E-state index contributed by atoms with van der Waals surface area (Å²) in [5.74, 6) is -0.410. The molecule has 1 aromatic rings. The molecule has 19 heavy (non-hydrogen) atoms. The number of halogens is 4. The summed E-state index contributed by atoms with van der Waals surface area (Å²) in [5.41, 5.74) is -0.195. The minimum absolute atomic E-state index is 0. The minimum Gasteiger partial charge on any atom is -0.354 e. The normalized spacial score (nSPS) is 31.8. The van der Waals surface area contributed by atoms with Gasteiger partial charge in [-0.15, -0.1) is 0 Å². The van der Waals surface area contributed by atoms with E-state index in [0.717, 1.165) is 0 Å². The Labute approximate surface area is 116 Å². The van der Waals surface area contributed by atoms with Crippen molar-refractivity contribution < 1.29 is 17.9 Å². The molecule has 3 nitrogen and oxygen atoms in total. The minimum atomic E-state index is -2.57. The zero-order chi connectivity index (χ0) is 13.1. The molecular formula is C12H12BrF3N2O. The van der Waals surface area contributed by atoms with Gasteiger partial charge in [0.25, 0.3) is 6.43 Å². The summed E-state index contributed by atoms with van der Waals surface area (Å²) in [6.07, 6.45) is -4.31. The van der Waals surface area contributed by atoms with Crippen molar-refractivity contribution in [1.82, 2.24) is 6.15 Å². The highest BCUT2D eigenvalue weighted by atomic mass is 79.9. The summed E-state index contributed by atoms with van der Waals surface area (Å²) >= 11 is 3.25. The molecule has 0 aromatic heterocycles. The van der Waals surface area contributed by atoms with Crippen LogP contribution in [-0.4, -0.2) is 24.3 Å². The van der Waals surface area contributed by atoms with Crippen molar-refractivity contribution in [2.45, 2.75) is 31.1 Å². The molecule has 3 N–H and O–H groups in total. The molecule has 2 aliphatic heterocycles. The van der Waals surface area contributed by atoms with Gasteiger partial charge in [-0.05, 0) is 25.1 Å². The zero-order valence-corrected chi connectivity index (χ0v) is 11.6. The average molecular weight is 337 g/mol. The fourth-order valence-corrected chi connectivity index (χ4v) is 2.80. The van der Waals surface area contributed by atoms with E-state index >= 15 is 0 Å². The van der Waals surface area contributed by atoms with Crippen LogP contribution in [0.5, 0.6) is 0 Å². The van der Waals surface area contributed by atoms with Gasteiger partial charge in [0, 0.05) is 10.0 Å². The number of hydrogen-bond donors (Lipinski definition) is 1. The van der Waals surface area contributed by atoms with Crippen molar-refractivity contribution in [2.75, 3.05) is 0 Å². The lowest BCUT2D eigenvalue weighted by Gasteiger charge is -2.54. The second kappa shape index (κ2) is 4.57. The predicted molar refractivity (Wildman–Crippen MR) is 68.6 cm³/mol. The van der Waals surface area contributed by atoms with E-state index in [4.69, 9.17) is 4.74 Å². The lowest BCUT2D eigenvalue weighted by molar-refractivity contribution is -0.123. The Morgan fingerprint density at radius 1 is 1.42 bits per heavy atom. The van der Waals surface area contributed by atoms with Gasteiger partial charge in [-0.1, -0.05) is 15.9 Å². The number of fused-ring (bicyclic) bond motifs is 1. The summed E-state index contributed by atoms with van der Waals surface area (Å²) in [7, 11) is 0. The lowest BCUT2D eigenvalue weighted by Crippen LogP contribution is -2.68. The first-order valence-electron chi connectivity index (χ1n) is 5.42. The number of alkyl halides is 2. The SMILES string of the molecule is CC1(c2cc(Br)ccc2F)N=C2C(C(F)F)OC21.N. The average Bonchev–Trinajstić information content (AvgIpc) is 2.28. The van der Waals surface area contributed by atoms with Crippen LogP contribution in [-0.2, 0) is 10.3 Å². The van der Waals surface area contributed by atoms with Crippen molar-refractivity contribution in [1.29, 1.82) is 0 Å². The van der Waals surface area contributed by atoms with E-state index in [-0.39, 0.29) is 6.15 Å². The Balaban J connectivity index is 0.00000133. The fourth-order valence-electron chi connectivity index (χ4n) is 2.44. The van der Waals surface area contributed by atoms with Crippen LogP contribution < -0.4 is 6.15 Å². The van der Waals surface area contributed by atoms with Crippen LogP contribution in [0.1, 0.15) is 12.5 Å². The number of hydrogen-bond acceptors (Lipinski definition) is 3. The molecule has 1 aromatic carbocycles. The van der Waals surface area contributed by atoms with E-state index in [2.05, 4.69) is 20.9 Å². The molecule has 2 heterocycles. The molecule has 104 valence electrons. The molecule has 1 fully saturated rings. The standard InChI is InChI=1S/C12H9BrF3NO.H3N/c1-12(6-4-5(13)2-3-7(6)14)10-8(17-12)9(18-10)11(15)16;/h2-4,9-11H,1H3;1H3. The molecule has 2 aliphatic rings. The van der Waals surface area contributed by atoms with Crippen molar-refractivity contribution in [3.63, 3.8) is 0 Å². The Morgan fingerprint density at radius 3 is 2.63 bits per heavy atom. The molecule has 0 bridgehead atoms. The van der Waals surface area contributed by atoms with Crippen LogP contribution in [0.2, 0.25) is 0 Å². The molecule has 0 aliphatic carbocycles. The number of ether oxygens (including phenoxy) is 1. The van der Waals surface area contributed by atoms with Crippen LogP contribution >= 0.6 is 15.9 Å². The Kier molecular flexibility index (Phi) is 3.49. The maximum atomic E-state index is 13.8. The summed E-state index contributed by atoms with van der Waals surface area (Å²) in [5, 5.41) is 0. The highest BCUT2D eigenvalue weighted by Gasteiger charge is 2.61. The van der Waals surface area contributed by atoms with Gasteiger partial charge in [0.1, 0.15) is 17.5 Å². The second-order valence-electron chi connectivity index (χ2n) is 4.58. The van der Waals surface area contributed by atoms with Crippen LogP contribution in [0.25, 0.3) is 0 Å².